The second-order valence-electron chi connectivity index (χ2n) is 1.92. The minimum absolute atomic E-state index is 0.333. The van der Waals surface area contributed by atoms with Gasteiger partial charge in [0.15, 0.2) is 5.82 Å². The Morgan fingerprint density at radius 3 is 2.67 bits per heavy atom. The van der Waals surface area contributed by atoms with Crippen LogP contribution >= 0.6 is 0 Å². The topological polar surface area (TPSA) is 71.1 Å². The van der Waals surface area contributed by atoms with Crippen LogP contribution < -0.4 is 10.6 Å². The van der Waals surface area contributed by atoms with Crippen molar-refractivity contribution in [3.05, 3.63) is 18.3 Å². The maximum atomic E-state index is 10.1. The average Bonchev–Trinajstić information content (AvgIpc) is 2.09. The van der Waals surface area contributed by atoms with E-state index in [1.54, 1.807) is 12.1 Å². The summed E-state index contributed by atoms with van der Waals surface area (Å²) in [5.41, 5.74) is 0.472. The van der Waals surface area contributed by atoms with Crippen LogP contribution in [0.4, 0.5) is 11.5 Å². The van der Waals surface area contributed by atoms with Crippen molar-refractivity contribution in [2.24, 2.45) is 0 Å². The fourth-order valence-electron chi connectivity index (χ4n) is 0.756. The van der Waals surface area contributed by atoms with Gasteiger partial charge in [0.2, 0.25) is 12.8 Å². The molecule has 12 heavy (non-hydrogen) atoms. The highest BCUT2D eigenvalue weighted by atomic mass is 16.1. The zero-order valence-electron chi connectivity index (χ0n) is 6.15. The third-order valence-corrected chi connectivity index (χ3v) is 1.22. The number of nitrogens with zero attached hydrogens (tertiary/aromatic N) is 1. The van der Waals surface area contributed by atoms with E-state index in [0.29, 0.717) is 24.3 Å². The van der Waals surface area contributed by atoms with E-state index in [1.165, 1.54) is 6.20 Å². The number of aromatic nitrogens is 1. The van der Waals surface area contributed by atoms with E-state index < -0.39 is 0 Å². The molecule has 0 saturated heterocycles. The Morgan fingerprint density at radius 1 is 1.25 bits per heavy atom. The van der Waals surface area contributed by atoms with Crippen molar-refractivity contribution >= 4 is 24.3 Å². The van der Waals surface area contributed by atoms with Crippen LogP contribution in [0.1, 0.15) is 0 Å². The van der Waals surface area contributed by atoms with Gasteiger partial charge in [0.1, 0.15) is 0 Å². The van der Waals surface area contributed by atoms with Crippen molar-refractivity contribution in [2.45, 2.75) is 0 Å². The molecular weight excluding hydrogens is 158 g/mol. The lowest BCUT2D eigenvalue weighted by Gasteiger charge is -2.03. The maximum absolute atomic E-state index is 10.1. The number of rotatable bonds is 4. The number of pyridine rings is 1. The highest BCUT2D eigenvalue weighted by Gasteiger charge is 1.98. The lowest BCUT2D eigenvalue weighted by molar-refractivity contribution is -0.106. The van der Waals surface area contributed by atoms with Gasteiger partial charge in [0.25, 0.3) is 0 Å². The third-order valence-electron chi connectivity index (χ3n) is 1.22. The molecule has 5 nitrogen and oxygen atoms in total. The van der Waals surface area contributed by atoms with Crippen LogP contribution in [0.3, 0.4) is 0 Å². The van der Waals surface area contributed by atoms with E-state index in [-0.39, 0.29) is 0 Å². The van der Waals surface area contributed by atoms with E-state index >= 15 is 0 Å². The van der Waals surface area contributed by atoms with Crippen molar-refractivity contribution in [2.75, 3.05) is 10.6 Å². The minimum atomic E-state index is 0.333. The highest BCUT2D eigenvalue weighted by molar-refractivity contribution is 5.83. The molecule has 0 aliphatic heterocycles. The molecule has 1 aromatic heterocycles. The standard InChI is InChI=1S/C7H7N3O2/c11-4-9-6-2-1-3-8-7(6)10-5-12/h1-5H,(H,9,11)(H,8,10,12). The van der Waals surface area contributed by atoms with Crippen molar-refractivity contribution in [1.82, 2.24) is 4.98 Å². The van der Waals surface area contributed by atoms with Gasteiger partial charge in [-0.25, -0.2) is 4.98 Å². The average molecular weight is 165 g/mol. The van der Waals surface area contributed by atoms with Crippen molar-refractivity contribution in [1.29, 1.82) is 0 Å². The van der Waals surface area contributed by atoms with Crippen LogP contribution in [0.25, 0.3) is 0 Å². The number of carbonyl (C=O) groups is 2. The predicted octanol–water partition coefficient (Wildman–Crippen LogP) is 0.218. The molecule has 0 aromatic carbocycles. The quantitative estimate of drug-likeness (QED) is 0.627. The number of nitrogens with one attached hydrogen (secondary N) is 2. The van der Waals surface area contributed by atoms with Crippen molar-refractivity contribution in [3.8, 4) is 0 Å². The van der Waals surface area contributed by atoms with E-state index in [0.717, 1.165) is 0 Å². The largest absolute Gasteiger partial charge is 0.326 e. The number of hydrogen-bond acceptors (Lipinski definition) is 3. The fourth-order valence-corrected chi connectivity index (χ4v) is 0.756. The molecular formula is C7H7N3O2. The molecule has 0 spiro atoms. The summed E-state index contributed by atoms with van der Waals surface area (Å²) in [4.78, 5) is 24.0. The zero-order valence-corrected chi connectivity index (χ0v) is 6.15. The molecule has 0 aliphatic rings. The van der Waals surface area contributed by atoms with E-state index in [4.69, 9.17) is 0 Å². The molecule has 1 heterocycles. The predicted molar refractivity (Wildman–Crippen MR) is 43.6 cm³/mol. The lowest BCUT2D eigenvalue weighted by Crippen LogP contribution is -2.03. The van der Waals surface area contributed by atoms with Gasteiger partial charge in [-0.15, -0.1) is 0 Å². The summed E-state index contributed by atoms with van der Waals surface area (Å²) in [5.74, 6) is 0.333. The maximum Gasteiger partial charge on any atom is 0.212 e. The number of hydrogen-bond donors (Lipinski definition) is 2. The molecule has 2 N–H and O–H groups in total. The Labute approximate surface area is 68.8 Å². The van der Waals surface area contributed by atoms with E-state index in [2.05, 4.69) is 15.6 Å². The summed E-state index contributed by atoms with van der Waals surface area (Å²) in [6.07, 6.45) is 2.53. The van der Waals surface area contributed by atoms with Crippen LogP contribution in [0.5, 0.6) is 0 Å². The Hall–Kier alpha value is -1.91. The second kappa shape index (κ2) is 4.07. The van der Waals surface area contributed by atoms with Gasteiger partial charge in [-0.05, 0) is 12.1 Å². The van der Waals surface area contributed by atoms with Gasteiger partial charge in [-0.2, -0.15) is 0 Å². The molecule has 0 radical (unpaired) electrons. The molecule has 0 atom stereocenters. The monoisotopic (exact) mass is 165 g/mol. The van der Waals surface area contributed by atoms with Crippen LogP contribution in [0.2, 0.25) is 0 Å². The molecule has 0 bridgehead atoms. The summed E-state index contributed by atoms with van der Waals surface area (Å²) < 4.78 is 0. The van der Waals surface area contributed by atoms with Gasteiger partial charge in [0, 0.05) is 6.20 Å². The smallest absolute Gasteiger partial charge is 0.212 e. The Morgan fingerprint density at radius 2 is 2.00 bits per heavy atom. The lowest BCUT2D eigenvalue weighted by atomic mass is 10.4. The molecule has 0 unspecified atom stereocenters. The Kier molecular flexibility index (Phi) is 2.78. The van der Waals surface area contributed by atoms with Gasteiger partial charge in [0.05, 0.1) is 5.69 Å². The van der Waals surface area contributed by atoms with Crippen molar-refractivity contribution in [3.63, 3.8) is 0 Å². The molecule has 1 aromatic rings. The first-order chi connectivity index (χ1) is 5.88. The van der Waals surface area contributed by atoms with Crippen molar-refractivity contribution < 1.29 is 9.59 Å². The molecule has 5 heteroatoms. The van der Waals surface area contributed by atoms with Gasteiger partial charge in [-0.3, -0.25) is 9.59 Å². The summed E-state index contributed by atoms with van der Waals surface area (Å²) >= 11 is 0. The zero-order chi connectivity index (χ0) is 8.81. The van der Waals surface area contributed by atoms with Gasteiger partial charge < -0.3 is 10.6 Å². The van der Waals surface area contributed by atoms with Crippen LogP contribution in [0, 0.1) is 0 Å². The van der Waals surface area contributed by atoms with Gasteiger partial charge >= 0.3 is 0 Å². The minimum Gasteiger partial charge on any atom is -0.326 e. The second-order valence-corrected chi connectivity index (χ2v) is 1.92. The first kappa shape index (κ1) is 8.19. The first-order valence-corrected chi connectivity index (χ1v) is 3.24. The molecule has 0 aliphatic carbocycles. The Balaban J connectivity index is 2.90. The third kappa shape index (κ3) is 1.79. The van der Waals surface area contributed by atoms with Gasteiger partial charge in [-0.1, -0.05) is 0 Å². The number of amides is 2. The summed E-state index contributed by atoms with van der Waals surface area (Å²) in [6, 6.07) is 3.29. The molecule has 2 amide bonds. The first-order valence-electron chi connectivity index (χ1n) is 3.24. The highest BCUT2D eigenvalue weighted by Crippen LogP contribution is 2.15. The van der Waals surface area contributed by atoms with Crippen LogP contribution in [-0.4, -0.2) is 17.8 Å². The number of anilines is 2. The fraction of sp³-hybridized carbons (Fsp3) is 0. The Bertz CT molecular complexity index is 259. The van der Waals surface area contributed by atoms with Crippen LogP contribution in [-0.2, 0) is 9.59 Å². The number of carbonyl (C=O) groups excluding carboxylic acids is 2. The summed E-state index contributed by atoms with van der Waals surface area (Å²) in [7, 11) is 0. The normalized spacial score (nSPS) is 8.67. The summed E-state index contributed by atoms with van der Waals surface area (Å²) in [6.45, 7) is 0. The van der Waals surface area contributed by atoms with E-state index in [1.807, 2.05) is 0 Å². The molecule has 62 valence electrons. The molecule has 0 fully saturated rings. The SMILES string of the molecule is O=CNc1cccnc1NC=O. The summed E-state index contributed by atoms with van der Waals surface area (Å²) in [5, 5.41) is 4.74. The molecule has 0 saturated carbocycles. The molecule has 1 rings (SSSR count). The van der Waals surface area contributed by atoms with Crippen LogP contribution in [0.15, 0.2) is 18.3 Å². The van der Waals surface area contributed by atoms with E-state index in [9.17, 15) is 9.59 Å².